The van der Waals surface area contributed by atoms with Crippen molar-refractivity contribution in [1.29, 1.82) is 0 Å². The summed E-state index contributed by atoms with van der Waals surface area (Å²) in [4.78, 5) is 38.5. The molecular weight excluding hydrogens is 340 g/mol. The number of hydrogen-bond donors (Lipinski definition) is 0. The minimum atomic E-state index is -0.345. The van der Waals surface area contributed by atoms with Crippen molar-refractivity contribution in [2.24, 2.45) is 0 Å². The van der Waals surface area contributed by atoms with Gasteiger partial charge in [-0.05, 0) is 19.4 Å². The predicted octanol–water partition coefficient (Wildman–Crippen LogP) is 2.15. The van der Waals surface area contributed by atoms with Gasteiger partial charge in [-0.15, -0.1) is 11.3 Å². The van der Waals surface area contributed by atoms with Gasteiger partial charge in [-0.3, -0.25) is 4.79 Å². The van der Waals surface area contributed by atoms with Crippen molar-refractivity contribution in [3.05, 3.63) is 16.3 Å². The van der Waals surface area contributed by atoms with Crippen LogP contribution >= 0.6 is 11.3 Å². The number of amides is 1. The van der Waals surface area contributed by atoms with Crippen molar-refractivity contribution < 1.29 is 14.3 Å². The molecule has 0 atom stereocenters. The van der Waals surface area contributed by atoms with Gasteiger partial charge >= 0.3 is 5.97 Å². The van der Waals surface area contributed by atoms with Gasteiger partial charge in [0, 0.05) is 32.6 Å². The Kier molecular flexibility index (Phi) is 4.89. The number of hydrogen-bond acceptors (Lipinski definition) is 7. The van der Waals surface area contributed by atoms with Crippen molar-refractivity contribution in [3.8, 4) is 0 Å². The zero-order chi connectivity index (χ0) is 18.1. The molecule has 3 heterocycles. The van der Waals surface area contributed by atoms with Gasteiger partial charge in [0.25, 0.3) is 0 Å². The lowest BCUT2D eigenvalue weighted by Gasteiger charge is -2.35. The lowest BCUT2D eigenvalue weighted by molar-refractivity contribution is -0.131. The summed E-state index contributed by atoms with van der Waals surface area (Å²) in [5.41, 5.74) is 0.855. The highest BCUT2D eigenvalue weighted by Gasteiger charge is 2.26. The monoisotopic (exact) mass is 362 g/mol. The number of rotatable bonds is 3. The summed E-state index contributed by atoms with van der Waals surface area (Å²) >= 11 is 1.34. The second-order valence-electron chi connectivity index (χ2n) is 6.04. The smallest absolute Gasteiger partial charge is 0.348 e. The number of nitrogens with zero attached hydrogens (tertiary/aromatic N) is 4. The largest absolute Gasteiger partial charge is 0.465 e. The van der Waals surface area contributed by atoms with Gasteiger partial charge in [-0.25, -0.2) is 14.8 Å². The maximum absolute atomic E-state index is 12.0. The van der Waals surface area contributed by atoms with E-state index in [4.69, 9.17) is 4.74 Å². The van der Waals surface area contributed by atoms with E-state index in [0.717, 1.165) is 34.7 Å². The Labute approximate surface area is 150 Å². The SMILES string of the molecule is CCC(=O)N1CCN(c2nc(C)nc3sc(C(=O)OC)c(C)c23)CC1. The summed E-state index contributed by atoms with van der Waals surface area (Å²) in [6.45, 7) is 8.46. The number of piperazine rings is 1. The van der Waals surface area contributed by atoms with Crippen LogP contribution in [-0.2, 0) is 9.53 Å². The van der Waals surface area contributed by atoms with Crippen LogP contribution in [0.4, 0.5) is 5.82 Å². The van der Waals surface area contributed by atoms with E-state index in [1.165, 1.54) is 18.4 Å². The van der Waals surface area contributed by atoms with Crippen LogP contribution in [0.5, 0.6) is 0 Å². The molecule has 2 aromatic heterocycles. The fourth-order valence-electron chi connectivity index (χ4n) is 3.13. The normalized spacial score (nSPS) is 14.9. The van der Waals surface area contributed by atoms with E-state index in [2.05, 4.69) is 14.9 Å². The van der Waals surface area contributed by atoms with Gasteiger partial charge in [-0.2, -0.15) is 0 Å². The number of methoxy groups -OCH3 is 1. The predicted molar refractivity (Wildman–Crippen MR) is 97.3 cm³/mol. The Morgan fingerprint density at radius 3 is 2.44 bits per heavy atom. The summed E-state index contributed by atoms with van der Waals surface area (Å²) in [6.07, 6.45) is 0.531. The third-order valence-corrected chi connectivity index (χ3v) is 5.65. The van der Waals surface area contributed by atoms with Gasteiger partial charge in [0.05, 0.1) is 12.5 Å². The maximum Gasteiger partial charge on any atom is 0.348 e. The Balaban J connectivity index is 1.98. The number of aromatic nitrogens is 2. The summed E-state index contributed by atoms with van der Waals surface area (Å²) in [7, 11) is 1.38. The Morgan fingerprint density at radius 2 is 1.84 bits per heavy atom. The Morgan fingerprint density at radius 1 is 1.16 bits per heavy atom. The molecule has 0 aromatic carbocycles. The molecule has 1 saturated heterocycles. The number of anilines is 1. The fourth-order valence-corrected chi connectivity index (χ4v) is 4.27. The number of ether oxygens (including phenoxy) is 1. The first-order valence-corrected chi connectivity index (χ1v) is 9.16. The van der Waals surface area contributed by atoms with E-state index < -0.39 is 0 Å². The molecule has 1 aliphatic heterocycles. The second kappa shape index (κ2) is 6.95. The molecule has 2 aromatic rings. The van der Waals surface area contributed by atoms with E-state index in [0.29, 0.717) is 30.2 Å². The number of carbonyl (C=O) groups is 2. The quantitative estimate of drug-likeness (QED) is 0.779. The van der Waals surface area contributed by atoms with Crippen molar-refractivity contribution in [2.75, 3.05) is 38.2 Å². The highest BCUT2D eigenvalue weighted by molar-refractivity contribution is 7.20. The molecule has 0 saturated carbocycles. The lowest BCUT2D eigenvalue weighted by Crippen LogP contribution is -2.49. The molecule has 25 heavy (non-hydrogen) atoms. The first-order chi connectivity index (χ1) is 12.0. The first-order valence-electron chi connectivity index (χ1n) is 8.35. The number of aryl methyl sites for hydroxylation is 2. The van der Waals surface area contributed by atoms with Gasteiger partial charge in [0.1, 0.15) is 21.3 Å². The van der Waals surface area contributed by atoms with Gasteiger partial charge in [-0.1, -0.05) is 6.92 Å². The fraction of sp³-hybridized carbons (Fsp3) is 0.529. The summed E-state index contributed by atoms with van der Waals surface area (Å²) in [6, 6.07) is 0. The maximum atomic E-state index is 12.0. The molecule has 1 amide bonds. The highest BCUT2D eigenvalue weighted by atomic mass is 32.1. The third kappa shape index (κ3) is 3.18. The van der Waals surface area contributed by atoms with Crippen LogP contribution in [-0.4, -0.2) is 60.0 Å². The lowest BCUT2D eigenvalue weighted by atomic mass is 10.1. The van der Waals surface area contributed by atoms with Crippen LogP contribution in [0.15, 0.2) is 0 Å². The zero-order valence-corrected chi connectivity index (χ0v) is 15.8. The van der Waals surface area contributed by atoms with Crippen LogP contribution in [0.2, 0.25) is 0 Å². The molecule has 1 fully saturated rings. The average molecular weight is 362 g/mol. The Hall–Kier alpha value is -2.22. The highest BCUT2D eigenvalue weighted by Crippen LogP contribution is 2.36. The molecule has 0 bridgehead atoms. The molecule has 8 heteroatoms. The van der Waals surface area contributed by atoms with Gasteiger partial charge in [0.15, 0.2) is 0 Å². The molecule has 0 N–H and O–H groups in total. The third-order valence-electron chi connectivity index (χ3n) is 4.49. The molecule has 134 valence electrons. The van der Waals surface area contributed by atoms with Gasteiger partial charge in [0.2, 0.25) is 5.91 Å². The summed E-state index contributed by atoms with van der Waals surface area (Å²) in [5, 5.41) is 0.909. The minimum Gasteiger partial charge on any atom is -0.465 e. The number of carbonyl (C=O) groups excluding carboxylic acids is 2. The average Bonchev–Trinajstić information content (AvgIpc) is 2.96. The van der Waals surface area contributed by atoms with Crippen LogP contribution in [0.1, 0.15) is 34.4 Å². The number of thiophene rings is 1. The molecule has 3 rings (SSSR count). The minimum absolute atomic E-state index is 0.184. The first kappa shape index (κ1) is 17.6. The molecule has 0 aliphatic carbocycles. The summed E-state index contributed by atoms with van der Waals surface area (Å²) < 4.78 is 4.88. The van der Waals surface area contributed by atoms with E-state index >= 15 is 0 Å². The van der Waals surface area contributed by atoms with E-state index in [1.807, 2.05) is 25.7 Å². The van der Waals surface area contributed by atoms with Crippen LogP contribution in [0.25, 0.3) is 10.2 Å². The molecule has 7 nitrogen and oxygen atoms in total. The van der Waals surface area contributed by atoms with Crippen molar-refractivity contribution >= 4 is 39.2 Å². The van der Waals surface area contributed by atoms with E-state index in [1.54, 1.807) is 0 Å². The second-order valence-corrected chi connectivity index (χ2v) is 7.04. The van der Waals surface area contributed by atoms with Crippen molar-refractivity contribution in [2.45, 2.75) is 27.2 Å². The molecule has 1 aliphatic rings. The molecule has 0 radical (unpaired) electrons. The van der Waals surface area contributed by atoms with Crippen LogP contribution in [0, 0.1) is 13.8 Å². The van der Waals surface area contributed by atoms with Crippen molar-refractivity contribution in [3.63, 3.8) is 0 Å². The standard InChI is InChI=1S/C17H22N4O3S/c1-5-12(22)20-6-8-21(9-7-20)15-13-10(2)14(17(23)24-4)25-16(13)19-11(3)18-15/h5-9H2,1-4H3. The summed E-state index contributed by atoms with van der Waals surface area (Å²) in [5.74, 6) is 1.35. The van der Waals surface area contributed by atoms with Crippen molar-refractivity contribution in [1.82, 2.24) is 14.9 Å². The Bertz CT molecular complexity index is 825. The zero-order valence-electron chi connectivity index (χ0n) is 15.0. The topological polar surface area (TPSA) is 75.6 Å². The number of fused-ring (bicyclic) bond motifs is 1. The van der Waals surface area contributed by atoms with E-state index in [-0.39, 0.29) is 11.9 Å². The van der Waals surface area contributed by atoms with E-state index in [9.17, 15) is 9.59 Å². The molecule has 0 spiro atoms. The number of esters is 1. The molecule has 0 unspecified atom stereocenters. The molecular formula is C17H22N4O3S. The van der Waals surface area contributed by atoms with Crippen LogP contribution < -0.4 is 4.90 Å². The van der Waals surface area contributed by atoms with Gasteiger partial charge < -0.3 is 14.5 Å². The van der Waals surface area contributed by atoms with Crippen LogP contribution in [0.3, 0.4) is 0 Å².